The molecule has 3 rings (SSSR count). The molecule has 1 aromatic carbocycles. The number of nitrogens with zero attached hydrogens (tertiary/aromatic N) is 2. The second-order valence-corrected chi connectivity index (χ2v) is 7.73. The second kappa shape index (κ2) is 11.2. The molecule has 1 fully saturated rings. The van der Waals surface area contributed by atoms with Crippen LogP contribution in [0.25, 0.3) is 0 Å². The van der Waals surface area contributed by atoms with Gasteiger partial charge in [0.15, 0.2) is 5.96 Å². The molecular formula is C22H31IN4O2. The summed E-state index contributed by atoms with van der Waals surface area (Å²) >= 11 is 0. The van der Waals surface area contributed by atoms with Crippen molar-refractivity contribution in [3.63, 3.8) is 0 Å². The van der Waals surface area contributed by atoms with Gasteiger partial charge in [0.25, 0.3) is 0 Å². The minimum Gasteiger partial charge on any atom is -0.469 e. The van der Waals surface area contributed by atoms with Crippen LogP contribution < -0.4 is 10.6 Å². The van der Waals surface area contributed by atoms with E-state index in [1.807, 2.05) is 12.1 Å². The van der Waals surface area contributed by atoms with Crippen LogP contribution in [0.5, 0.6) is 0 Å². The van der Waals surface area contributed by atoms with E-state index in [-0.39, 0.29) is 41.8 Å². The highest BCUT2D eigenvalue weighted by atomic mass is 127. The number of furan rings is 1. The Labute approximate surface area is 190 Å². The number of hydrogen-bond donors (Lipinski definition) is 2. The number of amides is 1. The van der Waals surface area contributed by atoms with Crippen LogP contribution in [0.1, 0.15) is 24.2 Å². The van der Waals surface area contributed by atoms with Gasteiger partial charge in [0.05, 0.1) is 6.26 Å². The Bertz CT molecular complexity index is 771. The average molecular weight is 510 g/mol. The summed E-state index contributed by atoms with van der Waals surface area (Å²) in [5, 5.41) is 6.78. The van der Waals surface area contributed by atoms with E-state index in [0.717, 1.165) is 25.1 Å². The van der Waals surface area contributed by atoms with Crippen molar-refractivity contribution in [2.24, 2.45) is 10.4 Å². The van der Waals surface area contributed by atoms with E-state index in [1.165, 1.54) is 18.4 Å². The molecule has 0 radical (unpaired) electrons. The third-order valence-corrected chi connectivity index (χ3v) is 5.13. The summed E-state index contributed by atoms with van der Waals surface area (Å²) in [7, 11) is 3.49. The topological polar surface area (TPSA) is 69.9 Å². The van der Waals surface area contributed by atoms with Gasteiger partial charge in [-0.1, -0.05) is 30.3 Å². The number of benzene rings is 1. The van der Waals surface area contributed by atoms with Crippen LogP contribution in [0.2, 0.25) is 0 Å². The highest BCUT2D eigenvalue weighted by Crippen LogP contribution is 2.47. The van der Waals surface area contributed by atoms with Gasteiger partial charge >= 0.3 is 0 Å². The molecule has 29 heavy (non-hydrogen) atoms. The predicted octanol–water partition coefficient (Wildman–Crippen LogP) is 3.09. The molecule has 1 saturated carbocycles. The Morgan fingerprint density at radius 3 is 2.52 bits per heavy atom. The van der Waals surface area contributed by atoms with Crippen molar-refractivity contribution in [3.05, 3.63) is 60.1 Å². The minimum absolute atomic E-state index is 0. The Hall–Kier alpha value is -2.03. The average Bonchev–Trinajstić information content (AvgIpc) is 3.25. The lowest BCUT2D eigenvalue weighted by Crippen LogP contribution is -2.42. The van der Waals surface area contributed by atoms with E-state index in [0.29, 0.717) is 12.5 Å². The molecule has 0 atom stereocenters. The highest BCUT2D eigenvalue weighted by Gasteiger charge is 2.42. The SMILES string of the molecule is CN(C)C(=O)CN=C(NCCc1ccco1)NCC1(Cc2ccccc2)CC1.I. The standard InChI is InChI=1S/C22H30N4O2.HI/c1-26(2)20(27)16-24-21(23-13-10-19-9-6-14-28-19)25-17-22(11-12-22)15-18-7-4-3-5-8-18;/h3-9,14H,10-13,15-17H2,1-2H3,(H2,23,24,25);1H. The monoisotopic (exact) mass is 510 g/mol. The molecular weight excluding hydrogens is 479 g/mol. The quantitative estimate of drug-likeness (QED) is 0.309. The third-order valence-electron chi connectivity index (χ3n) is 5.13. The van der Waals surface area contributed by atoms with Gasteiger partial charge in [-0.05, 0) is 42.4 Å². The first-order valence-electron chi connectivity index (χ1n) is 9.85. The van der Waals surface area contributed by atoms with Crippen LogP contribution in [0, 0.1) is 5.41 Å². The maximum Gasteiger partial charge on any atom is 0.243 e. The summed E-state index contributed by atoms with van der Waals surface area (Å²) in [6.45, 7) is 1.68. The molecule has 1 amide bonds. The molecule has 0 unspecified atom stereocenters. The number of aliphatic imine (C=N–C) groups is 1. The van der Waals surface area contributed by atoms with Crippen LogP contribution in [-0.4, -0.2) is 50.5 Å². The van der Waals surface area contributed by atoms with E-state index in [2.05, 4.69) is 46.0 Å². The fraction of sp³-hybridized carbons (Fsp3) is 0.455. The largest absolute Gasteiger partial charge is 0.469 e. The van der Waals surface area contributed by atoms with Crippen LogP contribution in [0.15, 0.2) is 58.1 Å². The molecule has 2 aromatic rings. The van der Waals surface area contributed by atoms with Crippen molar-refractivity contribution >= 4 is 35.8 Å². The molecule has 0 saturated heterocycles. The number of guanidine groups is 1. The smallest absolute Gasteiger partial charge is 0.243 e. The zero-order chi connectivity index (χ0) is 19.8. The van der Waals surface area contributed by atoms with Crippen molar-refractivity contribution in [1.29, 1.82) is 0 Å². The Kier molecular flexibility index (Phi) is 9.00. The summed E-state index contributed by atoms with van der Waals surface area (Å²) in [5.74, 6) is 1.60. The van der Waals surface area contributed by atoms with E-state index in [1.54, 1.807) is 25.3 Å². The lowest BCUT2D eigenvalue weighted by Gasteiger charge is -2.19. The number of likely N-dealkylation sites (N-methyl/N-ethyl adjacent to an activating group) is 1. The molecule has 158 valence electrons. The number of carbonyl (C=O) groups excluding carboxylic acids is 1. The Morgan fingerprint density at radius 2 is 1.90 bits per heavy atom. The molecule has 0 bridgehead atoms. The number of nitrogens with one attached hydrogen (secondary N) is 2. The number of rotatable bonds is 9. The fourth-order valence-corrected chi connectivity index (χ4v) is 3.11. The summed E-state index contributed by atoms with van der Waals surface area (Å²) in [4.78, 5) is 17.9. The first-order chi connectivity index (χ1) is 13.6. The molecule has 1 aliphatic rings. The van der Waals surface area contributed by atoms with Crippen LogP contribution in [-0.2, 0) is 17.6 Å². The molecule has 0 spiro atoms. The predicted molar refractivity (Wildman–Crippen MR) is 127 cm³/mol. The third kappa shape index (κ3) is 7.72. The van der Waals surface area contributed by atoms with Gasteiger partial charge < -0.3 is 20.0 Å². The Morgan fingerprint density at radius 1 is 1.14 bits per heavy atom. The molecule has 1 aliphatic carbocycles. The van der Waals surface area contributed by atoms with Gasteiger partial charge in [-0.2, -0.15) is 0 Å². The van der Waals surface area contributed by atoms with Gasteiger partial charge in [0, 0.05) is 33.6 Å². The van der Waals surface area contributed by atoms with Crippen molar-refractivity contribution in [3.8, 4) is 0 Å². The second-order valence-electron chi connectivity index (χ2n) is 7.73. The fourth-order valence-electron chi connectivity index (χ4n) is 3.11. The van der Waals surface area contributed by atoms with Crippen LogP contribution in [0.3, 0.4) is 0 Å². The van der Waals surface area contributed by atoms with Gasteiger partial charge in [-0.3, -0.25) is 4.79 Å². The van der Waals surface area contributed by atoms with Gasteiger partial charge in [-0.15, -0.1) is 24.0 Å². The molecule has 2 N–H and O–H groups in total. The number of carbonyl (C=O) groups is 1. The van der Waals surface area contributed by atoms with E-state index < -0.39 is 0 Å². The Balaban J connectivity index is 0.00000300. The summed E-state index contributed by atoms with van der Waals surface area (Å²) < 4.78 is 5.37. The van der Waals surface area contributed by atoms with Crippen molar-refractivity contribution < 1.29 is 9.21 Å². The first-order valence-corrected chi connectivity index (χ1v) is 9.85. The molecule has 1 heterocycles. The summed E-state index contributed by atoms with van der Waals surface area (Å²) in [5.41, 5.74) is 1.66. The van der Waals surface area contributed by atoms with Crippen molar-refractivity contribution in [1.82, 2.24) is 15.5 Å². The number of hydrogen-bond acceptors (Lipinski definition) is 3. The highest BCUT2D eigenvalue weighted by molar-refractivity contribution is 14.0. The summed E-state index contributed by atoms with van der Waals surface area (Å²) in [6, 6.07) is 14.5. The lowest BCUT2D eigenvalue weighted by molar-refractivity contribution is -0.127. The van der Waals surface area contributed by atoms with E-state index >= 15 is 0 Å². The normalized spacial score (nSPS) is 14.6. The molecule has 0 aliphatic heterocycles. The zero-order valence-electron chi connectivity index (χ0n) is 17.2. The van der Waals surface area contributed by atoms with Gasteiger partial charge in [-0.25, -0.2) is 4.99 Å². The first kappa shape index (κ1) is 23.3. The van der Waals surface area contributed by atoms with Crippen LogP contribution in [0.4, 0.5) is 0 Å². The zero-order valence-corrected chi connectivity index (χ0v) is 19.5. The molecule has 7 heteroatoms. The van der Waals surface area contributed by atoms with Crippen molar-refractivity contribution in [2.45, 2.75) is 25.7 Å². The minimum atomic E-state index is -0.0162. The van der Waals surface area contributed by atoms with Crippen molar-refractivity contribution in [2.75, 3.05) is 33.7 Å². The summed E-state index contributed by atoms with van der Waals surface area (Å²) in [6.07, 6.45) is 5.94. The molecule has 1 aromatic heterocycles. The molecule has 6 nitrogen and oxygen atoms in total. The van der Waals surface area contributed by atoms with Gasteiger partial charge in [0.1, 0.15) is 12.3 Å². The maximum atomic E-state index is 11.9. The van der Waals surface area contributed by atoms with Gasteiger partial charge in [0.2, 0.25) is 5.91 Å². The lowest BCUT2D eigenvalue weighted by atomic mass is 9.96. The van der Waals surface area contributed by atoms with E-state index in [9.17, 15) is 4.79 Å². The maximum absolute atomic E-state index is 11.9. The number of halogens is 1. The van der Waals surface area contributed by atoms with Crippen LogP contribution >= 0.6 is 24.0 Å². The van der Waals surface area contributed by atoms with E-state index in [4.69, 9.17) is 4.42 Å².